The quantitative estimate of drug-likeness (QED) is 0.765. The molecular weight excluding hydrogens is 232 g/mol. The number of thiocarbonyl (C=S) groups is 1. The Balaban J connectivity index is 2.04. The molecule has 0 atom stereocenters. The molecule has 17 heavy (non-hydrogen) atoms. The van der Waals surface area contributed by atoms with Crippen LogP contribution in [0.15, 0.2) is 35.3 Å². The van der Waals surface area contributed by atoms with Crippen LogP contribution >= 0.6 is 12.2 Å². The average Bonchev–Trinajstić information content (AvgIpc) is 2.62. The Labute approximate surface area is 107 Å². The number of nitrogens with zero attached hydrogens (tertiary/aromatic N) is 3. The number of benzene rings is 1. The lowest BCUT2D eigenvalue weighted by Gasteiger charge is -2.16. The van der Waals surface area contributed by atoms with E-state index in [9.17, 15) is 0 Å². The van der Waals surface area contributed by atoms with Gasteiger partial charge in [0.2, 0.25) is 11.1 Å². The second-order valence-corrected chi connectivity index (χ2v) is 4.44. The minimum atomic E-state index is 0.492. The van der Waals surface area contributed by atoms with Crippen molar-refractivity contribution in [1.82, 2.24) is 9.80 Å². The zero-order chi connectivity index (χ0) is 12.3. The van der Waals surface area contributed by atoms with E-state index in [1.165, 1.54) is 0 Å². The Morgan fingerprint density at radius 1 is 1.18 bits per heavy atom. The van der Waals surface area contributed by atoms with E-state index in [-0.39, 0.29) is 0 Å². The maximum atomic E-state index is 5.23. The summed E-state index contributed by atoms with van der Waals surface area (Å²) < 4.78 is 0. The van der Waals surface area contributed by atoms with Crippen molar-refractivity contribution < 1.29 is 0 Å². The molecule has 1 N–H and O–H groups in total. The molecule has 1 aromatic carbocycles. The second kappa shape index (κ2) is 5.14. The van der Waals surface area contributed by atoms with E-state index in [0.717, 1.165) is 24.7 Å². The van der Waals surface area contributed by atoms with E-state index in [4.69, 9.17) is 12.2 Å². The van der Waals surface area contributed by atoms with Crippen molar-refractivity contribution >= 4 is 29.0 Å². The minimum Gasteiger partial charge on any atom is -0.344 e. The monoisotopic (exact) mass is 248 g/mol. The summed E-state index contributed by atoms with van der Waals surface area (Å²) in [7, 11) is 4.04. The van der Waals surface area contributed by atoms with Gasteiger partial charge < -0.3 is 15.1 Å². The molecule has 0 aliphatic carbocycles. The van der Waals surface area contributed by atoms with E-state index < -0.39 is 0 Å². The number of nitrogens with one attached hydrogen (secondary N) is 1. The third kappa shape index (κ3) is 2.94. The minimum absolute atomic E-state index is 0.492. The highest BCUT2D eigenvalue weighted by molar-refractivity contribution is 7.80. The SMILES string of the molecule is CN1CCN(C)C1=NC(=S)Nc1ccccc1. The maximum absolute atomic E-state index is 5.23. The first kappa shape index (κ1) is 11.9. The van der Waals surface area contributed by atoms with Crippen LogP contribution < -0.4 is 5.32 Å². The van der Waals surface area contributed by atoms with Crippen LogP contribution in [-0.2, 0) is 0 Å². The van der Waals surface area contributed by atoms with Crippen LogP contribution in [0.3, 0.4) is 0 Å². The van der Waals surface area contributed by atoms with Crippen molar-refractivity contribution in [3.63, 3.8) is 0 Å². The number of guanidine groups is 1. The summed E-state index contributed by atoms with van der Waals surface area (Å²) in [5.74, 6) is 0.915. The van der Waals surface area contributed by atoms with Crippen LogP contribution in [0.1, 0.15) is 0 Å². The van der Waals surface area contributed by atoms with Crippen molar-refractivity contribution in [1.29, 1.82) is 0 Å². The molecule has 0 bridgehead atoms. The highest BCUT2D eigenvalue weighted by Crippen LogP contribution is 2.08. The number of likely N-dealkylation sites (N-methyl/N-ethyl adjacent to an activating group) is 2. The molecule has 1 saturated heterocycles. The summed E-state index contributed by atoms with van der Waals surface area (Å²) >= 11 is 5.23. The topological polar surface area (TPSA) is 30.9 Å². The molecule has 5 heteroatoms. The highest BCUT2D eigenvalue weighted by atomic mass is 32.1. The number of anilines is 1. The highest BCUT2D eigenvalue weighted by Gasteiger charge is 2.19. The molecule has 0 radical (unpaired) electrons. The fourth-order valence-corrected chi connectivity index (χ4v) is 1.93. The lowest BCUT2D eigenvalue weighted by Crippen LogP contribution is -2.30. The van der Waals surface area contributed by atoms with Crippen molar-refractivity contribution in [3.05, 3.63) is 30.3 Å². The van der Waals surface area contributed by atoms with E-state index in [1.54, 1.807) is 0 Å². The Morgan fingerprint density at radius 2 is 1.76 bits per heavy atom. The molecule has 1 heterocycles. The zero-order valence-electron chi connectivity index (χ0n) is 10.1. The van der Waals surface area contributed by atoms with Crippen LogP contribution in [0.25, 0.3) is 0 Å². The maximum Gasteiger partial charge on any atom is 0.203 e. The van der Waals surface area contributed by atoms with E-state index in [2.05, 4.69) is 20.1 Å². The van der Waals surface area contributed by atoms with E-state index in [1.807, 2.05) is 44.4 Å². The fraction of sp³-hybridized carbons (Fsp3) is 0.333. The molecule has 0 amide bonds. The number of hydrogen-bond acceptors (Lipinski definition) is 1. The number of para-hydroxylation sites is 1. The molecule has 1 aliphatic rings. The average molecular weight is 248 g/mol. The largest absolute Gasteiger partial charge is 0.344 e. The fourth-order valence-electron chi connectivity index (χ4n) is 1.73. The third-order valence-corrected chi connectivity index (χ3v) is 2.87. The van der Waals surface area contributed by atoms with Gasteiger partial charge in [-0.15, -0.1) is 0 Å². The predicted molar refractivity (Wildman–Crippen MR) is 75.4 cm³/mol. The Hall–Kier alpha value is -1.62. The van der Waals surface area contributed by atoms with Crippen LogP contribution in [0, 0.1) is 0 Å². The van der Waals surface area contributed by atoms with Gasteiger partial charge in [0.05, 0.1) is 0 Å². The van der Waals surface area contributed by atoms with Gasteiger partial charge in [0, 0.05) is 32.9 Å². The van der Waals surface area contributed by atoms with Crippen LogP contribution in [0.2, 0.25) is 0 Å². The predicted octanol–water partition coefficient (Wildman–Crippen LogP) is 1.62. The van der Waals surface area contributed by atoms with Gasteiger partial charge >= 0.3 is 0 Å². The Morgan fingerprint density at radius 3 is 2.35 bits per heavy atom. The van der Waals surface area contributed by atoms with Crippen molar-refractivity contribution in [2.45, 2.75) is 0 Å². The lowest BCUT2D eigenvalue weighted by atomic mass is 10.3. The van der Waals surface area contributed by atoms with Gasteiger partial charge in [-0.2, -0.15) is 4.99 Å². The molecule has 1 aromatic rings. The Kier molecular flexibility index (Phi) is 3.58. The molecule has 1 fully saturated rings. The standard InChI is InChI=1S/C12H16N4S/c1-15-8-9-16(2)12(15)14-11(17)13-10-6-4-3-5-7-10/h3-7H,8-9H2,1-2H3,(H,13,17). The first-order valence-corrected chi connectivity index (χ1v) is 5.94. The first-order chi connectivity index (χ1) is 8.16. The first-order valence-electron chi connectivity index (χ1n) is 5.54. The number of aliphatic imine (C=N–C) groups is 1. The number of hydrogen-bond donors (Lipinski definition) is 1. The van der Waals surface area contributed by atoms with Gasteiger partial charge in [0.15, 0.2) is 0 Å². The van der Waals surface area contributed by atoms with Crippen LogP contribution in [0.5, 0.6) is 0 Å². The van der Waals surface area contributed by atoms with E-state index >= 15 is 0 Å². The molecule has 0 aromatic heterocycles. The summed E-state index contributed by atoms with van der Waals surface area (Å²) in [4.78, 5) is 8.61. The summed E-state index contributed by atoms with van der Waals surface area (Å²) in [5, 5.41) is 3.59. The van der Waals surface area contributed by atoms with Gasteiger partial charge in [-0.25, -0.2) is 0 Å². The van der Waals surface area contributed by atoms with Gasteiger partial charge in [-0.05, 0) is 24.4 Å². The molecular formula is C12H16N4S. The molecule has 2 rings (SSSR count). The molecule has 0 spiro atoms. The molecule has 1 aliphatic heterocycles. The second-order valence-electron chi connectivity index (χ2n) is 4.05. The third-order valence-electron chi connectivity index (χ3n) is 2.68. The van der Waals surface area contributed by atoms with Crippen LogP contribution in [0.4, 0.5) is 5.69 Å². The Bertz CT molecular complexity index is 417. The molecule has 90 valence electrons. The van der Waals surface area contributed by atoms with E-state index in [0.29, 0.717) is 5.11 Å². The zero-order valence-corrected chi connectivity index (χ0v) is 10.9. The summed E-state index contributed by atoms with van der Waals surface area (Å²) in [6.45, 7) is 1.98. The summed E-state index contributed by atoms with van der Waals surface area (Å²) in [6, 6.07) is 9.83. The summed E-state index contributed by atoms with van der Waals surface area (Å²) in [5.41, 5.74) is 0.963. The van der Waals surface area contributed by atoms with Gasteiger partial charge in [0.1, 0.15) is 0 Å². The van der Waals surface area contributed by atoms with Gasteiger partial charge in [-0.1, -0.05) is 18.2 Å². The van der Waals surface area contributed by atoms with Crippen molar-refractivity contribution in [3.8, 4) is 0 Å². The van der Waals surface area contributed by atoms with Crippen LogP contribution in [-0.4, -0.2) is 48.1 Å². The van der Waals surface area contributed by atoms with Crippen molar-refractivity contribution in [2.24, 2.45) is 4.99 Å². The molecule has 0 unspecified atom stereocenters. The number of rotatable bonds is 1. The molecule has 4 nitrogen and oxygen atoms in total. The lowest BCUT2D eigenvalue weighted by molar-refractivity contribution is 0.553. The van der Waals surface area contributed by atoms with Gasteiger partial charge in [0.25, 0.3) is 0 Å². The van der Waals surface area contributed by atoms with Crippen molar-refractivity contribution in [2.75, 3.05) is 32.5 Å². The smallest absolute Gasteiger partial charge is 0.203 e. The normalized spacial score (nSPS) is 15.1. The summed E-state index contributed by atoms with van der Waals surface area (Å²) in [6.07, 6.45) is 0. The molecule has 0 saturated carbocycles. The van der Waals surface area contributed by atoms with Gasteiger partial charge in [-0.3, -0.25) is 0 Å².